The third-order valence-electron chi connectivity index (χ3n) is 3.39. The van der Waals surface area contributed by atoms with Crippen LogP contribution in [0.3, 0.4) is 0 Å². The van der Waals surface area contributed by atoms with E-state index in [2.05, 4.69) is 46.9 Å². The van der Waals surface area contributed by atoms with Crippen molar-refractivity contribution < 1.29 is 0 Å². The summed E-state index contributed by atoms with van der Waals surface area (Å²) in [6.45, 7) is 0. The van der Waals surface area contributed by atoms with E-state index in [1.165, 1.54) is 41.2 Å². The summed E-state index contributed by atoms with van der Waals surface area (Å²) in [6, 6.07) is 8.87. The molecule has 15 heavy (non-hydrogen) atoms. The topological polar surface area (TPSA) is 26.0 Å². The molecule has 1 nitrogen and oxygen atoms in total. The molecular formula is C13H18IN. The van der Waals surface area contributed by atoms with Crippen molar-refractivity contribution >= 4 is 22.6 Å². The van der Waals surface area contributed by atoms with Gasteiger partial charge >= 0.3 is 0 Å². The first-order chi connectivity index (χ1) is 7.27. The first kappa shape index (κ1) is 11.4. The van der Waals surface area contributed by atoms with Gasteiger partial charge in [0.25, 0.3) is 0 Å². The van der Waals surface area contributed by atoms with Crippen molar-refractivity contribution in [3.8, 4) is 0 Å². The lowest BCUT2D eigenvalue weighted by molar-refractivity contribution is 0.308. The van der Waals surface area contributed by atoms with Gasteiger partial charge in [0.2, 0.25) is 0 Å². The van der Waals surface area contributed by atoms with Gasteiger partial charge in [0.05, 0.1) is 0 Å². The SMILES string of the molecule is N[C@@H](c1cccc(I)c1)C1CCCCC1. The highest BCUT2D eigenvalue weighted by molar-refractivity contribution is 14.1. The Kier molecular flexibility index (Phi) is 4.03. The van der Waals surface area contributed by atoms with E-state index in [9.17, 15) is 0 Å². The molecule has 0 aromatic heterocycles. The predicted molar refractivity (Wildman–Crippen MR) is 72.7 cm³/mol. The molecule has 2 N–H and O–H groups in total. The van der Waals surface area contributed by atoms with Crippen LogP contribution in [-0.4, -0.2) is 0 Å². The van der Waals surface area contributed by atoms with Crippen LogP contribution in [0.15, 0.2) is 24.3 Å². The molecule has 1 atom stereocenters. The van der Waals surface area contributed by atoms with Gasteiger partial charge in [-0.25, -0.2) is 0 Å². The first-order valence-corrected chi connectivity index (χ1v) is 6.86. The molecule has 0 aliphatic heterocycles. The molecule has 0 bridgehead atoms. The fraction of sp³-hybridized carbons (Fsp3) is 0.538. The van der Waals surface area contributed by atoms with Crippen molar-refractivity contribution in [3.05, 3.63) is 33.4 Å². The van der Waals surface area contributed by atoms with Crippen molar-refractivity contribution in [1.29, 1.82) is 0 Å². The summed E-state index contributed by atoms with van der Waals surface area (Å²) in [5, 5.41) is 0. The van der Waals surface area contributed by atoms with Crippen LogP contribution in [0.1, 0.15) is 43.7 Å². The van der Waals surface area contributed by atoms with Crippen molar-refractivity contribution in [2.24, 2.45) is 11.7 Å². The van der Waals surface area contributed by atoms with Crippen LogP contribution >= 0.6 is 22.6 Å². The van der Waals surface area contributed by atoms with E-state index in [4.69, 9.17) is 5.73 Å². The molecule has 1 aliphatic rings. The molecule has 1 aromatic carbocycles. The minimum Gasteiger partial charge on any atom is -0.324 e. The van der Waals surface area contributed by atoms with Gasteiger partial charge in [-0.3, -0.25) is 0 Å². The van der Waals surface area contributed by atoms with Crippen LogP contribution in [0.2, 0.25) is 0 Å². The lowest BCUT2D eigenvalue weighted by Gasteiger charge is -2.27. The third kappa shape index (κ3) is 2.94. The Bertz CT molecular complexity index is 318. The van der Waals surface area contributed by atoms with E-state index in [0.717, 1.165) is 0 Å². The molecule has 82 valence electrons. The zero-order chi connectivity index (χ0) is 10.7. The van der Waals surface area contributed by atoms with Gasteiger partial charge in [0, 0.05) is 9.61 Å². The number of benzene rings is 1. The molecule has 0 unspecified atom stereocenters. The zero-order valence-corrected chi connectivity index (χ0v) is 11.1. The molecular weight excluding hydrogens is 297 g/mol. The maximum atomic E-state index is 6.34. The number of halogens is 1. The largest absolute Gasteiger partial charge is 0.324 e. The predicted octanol–water partition coefficient (Wildman–Crippen LogP) is 3.87. The molecule has 0 radical (unpaired) electrons. The molecule has 1 aliphatic carbocycles. The second kappa shape index (κ2) is 5.30. The van der Waals surface area contributed by atoms with E-state index in [-0.39, 0.29) is 6.04 Å². The number of hydrogen-bond donors (Lipinski definition) is 1. The summed E-state index contributed by atoms with van der Waals surface area (Å²) in [4.78, 5) is 0. The number of nitrogens with two attached hydrogens (primary N) is 1. The summed E-state index contributed by atoms with van der Waals surface area (Å²) in [5.41, 5.74) is 7.65. The molecule has 1 saturated carbocycles. The Balaban J connectivity index is 2.08. The Morgan fingerprint density at radius 1 is 1.20 bits per heavy atom. The second-order valence-corrected chi connectivity index (χ2v) is 5.72. The van der Waals surface area contributed by atoms with Gasteiger partial charge < -0.3 is 5.73 Å². The van der Waals surface area contributed by atoms with Gasteiger partial charge in [-0.2, -0.15) is 0 Å². The van der Waals surface area contributed by atoms with E-state index in [1.807, 2.05) is 0 Å². The van der Waals surface area contributed by atoms with Crippen LogP contribution in [0.5, 0.6) is 0 Å². The highest BCUT2D eigenvalue weighted by atomic mass is 127. The van der Waals surface area contributed by atoms with Crippen molar-refractivity contribution in [3.63, 3.8) is 0 Å². The maximum absolute atomic E-state index is 6.34. The lowest BCUT2D eigenvalue weighted by Crippen LogP contribution is -2.23. The van der Waals surface area contributed by atoms with Crippen LogP contribution < -0.4 is 5.73 Å². The zero-order valence-electron chi connectivity index (χ0n) is 8.95. The molecule has 1 aromatic rings. The van der Waals surface area contributed by atoms with Crippen molar-refractivity contribution in [1.82, 2.24) is 0 Å². The van der Waals surface area contributed by atoms with Gasteiger partial charge in [-0.15, -0.1) is 0 Å². The molecule has 0 heterocycles. The lowest BCUT2D eigenvalue weighted by atomic mass is 9.82. The Morgan fingerprint density at radius 3 is 2.60 bits per heavy atom. The molecule has 2 rings (SSSR count). The summed E-state index contributed by atoms with van der Waals surface area (Å²) in [5.74, 6) is 0.706. The smallest absolute Gasteiger partial charge is 0.0323 e. The van der Waals surface area contributed by atoms with E-state index in [0.29, 0.717) is 5.92 Å². The summed E-state index contributed by atoms with van der Waals surface area (Å²) < 4.78 is 1.29. The average molecular weight is 315 g/mol. The minimum atomic E-state index is 0.250. The molecule has 0 amide bonds. The monoisotopic (exact) mass is 315 g/mol. The number of hydrogen-bond acceptors (Lipinski definition) is 1. The fourth-order valence-electron chi connectivity index (χ4n) is 2.48. The van der Waals surface area contributed by atoms with Crippen LogP contribution in [0, 0.1) is 9.49 Å². The molecule has 2 heteroatoms. The van der Waals surface area contributed by atoms with Crippen LogP contribution in [0.25, 0.3) is 0 Å². The highest BCUT2D eigenvalue weighted by Crippen LogP contribution is 2.33. The standard InChI is InChI=1S/C13H18IN/c14-12-8-4-7-11(9-12)13(15)10-5-2-1-3-6-10/h4,7-10,13H,1-3,5-6,15H2/t13-/m1/s1. The van der Waals surface area contributed by atoms with Crippen molar-refractivity contribution in [2.45, 2.75) is 38.1 Å². The fourth-order valence-corrected chi connectivity index (χ4v) is 3.05. The number of rotatable bonds is 2. The normalized spacial score (nSPS) is 20.1. The average Bonchev–Trinajstić information content (AvgIpc) is 2.29. The quantitative estimate of drug-likeness (QED) is 0.824. The van der Waals surface area contributed by atoms with Gasteiger partial charge in [0.1, 0.15) is 0 Å². The van der Waals surface area contributed by atoms with Gasteiger partial charge in [0.15, 0.2) is 0 Å². The van der Waals surface area contributed by atoms with E-state index < -0.39 is 0 Å². The Labute approximate surface area is 106 Å². The maximum Gasteiger partial charge on any atom is 0.0323 e. The third-order valence-corrected chi connectivity index (χ3v) is 4.06. The van der Waals surface area contributed by atoms with Gasteiger partial charge in [-0.05, 0) is 59.0 Å². The van der Waals surface area contributed by atoms with Crippen LogP contribution in [0.4, 0.5) is 0 Å². The van der Waals surface area contributed by atoms with Gasteiger partial charge in [-0.1, -0.05) is 31.4 Å². The first-order valence-electron chi connectivity index (χ1n) is 5.78. The van der Waals surface area contributed by atoms with Crippen LogP contribution in [-0.2, 0) is 0 Å². The summed E-state index contributed by atoms with van der Waals surface area (Å²) in [6.07, 6.45) is 6.75. The highest BCUT2D eigenvalue weighted by Gasteiger charge is 2.21. The van der Waals surface area contributed by atoms with E-state index >= 15 is 0 Å². The summed E-state index contributed by atoms with van der Waals surface area (Å²) in [7, 11) is 0. The molecule has 0 spiro atoms. The second-order valence-electron chi connectivity index (χ2n) is 4.48. The Morgan fingerprint density at radius 2 is 1.93 bits per heavy atom. The Hall–Kier alpha value is -0.0900. The van der Waals surface area contributed by atoms with Crippen molar-refractivity contribution in [2.75, 3.05) is 0 Å². The summed E-state index contributed by atoms with van der Waals surface area (Å²) >= 11 is 2.35. The molecule has 1 fully saturated rings. The molecule has 0 saturated heterocycles. The van der Waals surface area contributed by atoms with E-state index in [1.54, 1.807) is 0 Å². The minimum absolute atomic E-state index is 0.250.